The second-order valence-electron chi connectivity index (χ2n) is 8.76. The highest BCUT2D eigenvalue weighted by atomic mass is 16.5. The molecule has 1 aliphatic rings. The highest BCUT2D eigenvalue weighted by Crippen LogP contribution is 2.37. The number of nitrogens with zero attached hydrogens (tertiary/aromatic N) is 6. The lowest BCUT2D eigenvalue weighted by Gasteiger charge is -2.30. The summed E-state index contributed by atoms with van der Waals surface area (Å²) in [4.78, 5) is 24.4. The van der Waals surface area contributed by atoms with Gasteiger partial charge in [0.25, 0.3) is 0 Å². The van der Waals surface area contributed by atoms with Crippen LogP contribution in [0.3, 0.4) is 0 Å². The second-order valence-corrected chi connectivity index (χ2v) is 8.76. The molecule has 1 fully saturated rings. The number of rotatable bonds is 7. The van der Waals surface area contributed by atoms with E-state index in [2.05, 4.69) is 16.0 Å². The van der Waals surface area contributed by atoms with E-state index in [1.165, 1.54) is 0 Å². The van der Waals surface area contributed by atoms with Gasteiger partial charge in [0.1, 0.15) is 5.82 Å². The Kier molecular flexibility index (Phi) is 6.99. The fourth-order valence-corrected chi connectivity index (χ4v) is 4.58. The Bertz CT molecular complexity index is 1440. The van der Waals surface area contributed by atoms with Crippen molar-refractivity contribution in [3.05, 3.63) is 60.4 Å². The van der Waals surface area contributed by atoms with E-state index in [9.17, 15) is 10.1 Å². The minimum Gasteiger partial charge on any atom is -0.476 e. The standard InChI is InChI=1S/C28H28N6O3/c1-3-36-27-25-22(20-10-11-24(30-18-20)33-14-12-19(17-29)13-15-33)16-23(28(35)37-4-2)31-26(25)34(32-27)21-8-6-5-7-9-21/h5-11,16,18-19H,3-4,12-15H2,1-2H3. The van der Waals surface area contributed by atoms with Crippen molar-refractivity contribution in [2.24, 2.45) is 5.92 Å². The summed E-state index contributed by atoms with van der Waals surface area (Å²) in [5.41, 5.74) is 3.03. The average Bonchev–Trinajstić information content (AvgIpc) is 3.32. The van der Waals surface area contributed by atoms with Crippen LogP contribution in [0.2, 0.25) is 0 Å². The van der Waals surface area contributed by atoms with Crippen molar-refractivity contribution < 1.29 is 14.3 Å². The highest BCUT2D eigenvalue weighted by molar-refractivity contribution is 6.01. The van der Waals surface area contributed by atoms with Crippen LogP contribution in [0.15, 0.2) is 54.7 Å². The lowest BCUT2D eigenvalue weighted by molar-refractivity contribution is 0.0520. The Morgan fingerprint density at radius 3 is 2.54 bits per heavy atom. The molecule has 0 bridgehead atoms. The van der Waals surface area contributed by atoms with E-state index in [-0.39, 0.29) is 18.2 Å². The first-order valence-corrected chi connectivity index (χ1v) is 12.5. The third-order valence-electron chi connectivity index (χ3n) is 6.43. The summed E-state index contributed by atoms with van der Waals surface area (Å²) >= 11 is 0. The summed E-state index contributed by atoms with van der Waals surface area (Å²) < 4.78 is 12.9. The number of hydrogen-bond donors (Lipinski definition) is 0. The average molecular weight is 497 g/mol. The molecule has 0 amide bonds. The van der Waals surface area contributed by atoms with Crippen molar-refractivity contribution >= 4 is 22.8 Å². The van der Waals surface area contributed by atoms with Crippen molar-refractivity contribution in [2.45, 2.75) is 26.7 Å². The number of piperidine rings is 1. The maximum absolute atomic E-state index is 12.8. The van der Waals surface area contributed by atoms with Crippen molar-refractivity contribution in [2.75, 3.05) is 31.2 Å². The number of para-hydroxylation sites is 1. The van der Waals surface area contributed by atoms with Gasteiger partial charge in [0.05, 0.1) is 30.4 Å². The van der Waals surface area contributed by atoms with Gasteiger partial charge in [-0.15, -0.1) is 5.10 Å². The SMILES string of the molecule is CCOC(=O)c1cc(-c2ccc(N3CCC(C#N)CC3)nc2)c2c(OCC)nn(-c3ccccc3)c2n1. The van der Waals surface area contributed by atoms with Crippen molar-refractivity contribution in [1.29, 1.82) is 5.26 Å². The molecule has 5 rings (SSSR count). The van der Waals surface area contributed by atoms with Crippen molar-refractivity contribution in [3.63, 3.8) is 0 Å². The number of carbonyl (C=O) groups is 1. The van der Waals surface area contributed by atoms with Crippen LogP contribution in [-0.4, -0.2) is 52.0 Å². The zero-order chi connectivity index (χ0) is 25.8. The summed E-state index contributed by atoms with van der Waals surface area (Å²) in [7, 11) is 0. The van der Waals surface area contributed by atoms with Crippen molar-refractivity contribution in [3.8, 4) is 28.8 Å². The van der Waals surface area contributed by atoms with E-state index in [4.69, 9.17) is 19.6 Å². The summed E-state index contributed by atoms with van der Waals surface area (Å²) in [5, 5.41) is 14.6. The predicted octanol–water partition coefficient (Wildman–Crippen LogP) is 4.80. The molecule has 9 nitrogen and oxygen atoms in total. The maximum atomic E-state index is 12.8. The number of aromatic nitrogens is 4. The molecule has 4 aromatic rings. The number of carbonyl (C=O) groups excluding carboxylic acids is 1. The summed E-state index contributed by atoms with van der Waals surface area (Å²) in [6.07, 6.45) is 3.47. The van der Waals surface area contributed by atoms with Crippen LogP contribution in [0.25, 0.3) is 27.8 Å². The second kappa shape index (κ2) is 10.7. The van der Waals surface area contributed by atoms with Gasteiger partial charge in [-0.2, -0.15) is 5.26 Å². The minimum atomic E-state index is -0.505. The lowest BCUT2D eigenvalue weighted by atomic mass is 9.98. The molecule has 1 aromatic carbocycles. The van der Waals surface area contributed by atoms with Crippen LogP contribution >= 0.6 is 0 Å². The van der Waals surface area contributed by atoms with Gasteiger partial charge >= 0.3 is 5.97 Å². The van der Waals surface area contributed by atoms with Gasteiger partial charge in [-0.3, -0.25) is 0 Å². The van der Waals surface area contributed by atoms with Crippen LogP contribution < -0.4 is 9.64 Å². The number of fused-ring (bicyclic) bond motifs is 1. The van der Waals surface area contributed by atoms with Crippen LogP contribution in [0.4, 0.5) is 5.82 Å². The van der Waals surface area contributed by atoms with Gasteiger partial charge in [-0.05, 0) is 57.0 Å². The molecular weight excluding hydrogens is 468 g/mol. The van der Waals surface area contributed by atoms with E-state index in [1.54, 1.807) is 23.9 Å². The van der Waals surface area contributed by atoms with Gasteiger partial charge in [0, 0.05) is 36.3 Å². The smallest absolute Gasteiger partial charge is 0.357 e. The number of nitriles is 1. The fraction of sp³-hybridized carbons (Fsp3) is 0.321. The quantitative estimate of drug-likeness (QED) is 0.336. The predicted molar refractivity (Wildman–Crippen MR) is 140 cm³/mol. The summed E-state index contributed by atoms with van der Waals surface area (Å²) in [5.74, 6) is 0.900. The van der Waals surface area contributed by atoms with Gasteiger partial charge in [-0.1, -0.05) is 18.2 Å². The number of ether oxygens (including phenoxy) is 2. The van der Waals surface area contributed by atoms with Gasteiger partial charge < -0.3 is 14.4 Å². The number of esters is 1. The number of pyridine rings is 2. The Morgan fingerprint density at radius 2 is 1.89 bits per heavy atom. The first kappa shape index (κ1) is 24.3. The zero-order valence-electron chi connectivity index (χ0n) is 20.9. The Labute approximate surface area is 215 Å². The van der Waals surface area contributed by atoms with Gasteiger partial charge in [-0.25, -0.2) is 19.4 Å². The van der Waals surface area contributed by atoms with Crippen LogP contribution in [0.5, 0.6) is 5.88 Å². The van der Waals surface area contributed by atoms with Crippen LogP contribution in [0.1, 0.15) is 37.2 Å². The normalized spacial score (nSPS) is 13.9. The topological polar surface area (TPSA) is 106 Å². The Hall–Kier alpha value is -4.45. The highest BCUT2D eigenvalue weighted by Gasteiger charge is 2.24. The monoisotopic (exact) mass is 496 g/mol. The minimum absolute atomic E-state index is 0.111. The Balaban J connectivity index is 1.63. The fourth-order valence-electron chi connectivity index (χ4n) is 4.58. The molecule has 4 heterocycles. The molecule has 0 atom stereocenters. The molecule has 0 aliphatic carbocycles. The largest absolute Gasteiger partial charge is 0.476 e. The number of hydrogen-bond acceptors (Lipinski definition) is 8. The molecule has 1 aliphatic heterocycles. The van der Waals surface area contributed by atoms with E-state index in [0.717, 1.165) is 48.6 Å². The first-order chi connectivity index (χ1) is 18.1. The van der Waals surface area contributed by atoms with Gasteiger partial charge in [0.15, 0.2) is 11.3 Å². The molecule has 37 heavy (non-hydrogen) atoms. The number of benzene rings is 1. The van der Waals surface area contributed by atoms with Crippen LogP contribution in [-0.2, 0) is 4.74 Å². The maximum Gasteiger partial charge on any atom is 0.357 e. The lowest BCUT2D eigenvalue weighted by Crippen LogP contribution is -2.33. The molecule has 0 N–H and O–H groups in total. The summed E-state index contributed by atoms with van der Waals surface area (Å²) in [6.45, 7) is 5.94. The van der Waals surface area contributed by atoms with E-state index in [0.29, 0.717) is 23.5 Å². The molecule has 1 saturated heterocycles. The number of anilines is 1. The van der Waals surface area contributed by atoms with E-state index < -0.39 is 5.97 Å². The molecule has 0 saturated carbocycles. The molecule has 0 radical (unpaired) electrons. The molecule has 0 unspecified atom stereocenters. The molecular formula is C28H28N6O3. The Morgan fingerprint density at radius 1 is 1.11 bits per heavy atom. The van der Waals surface area contributed by atoms with E-state index in [1.807, 2.05) is 49.4 Å². The van der Waals surface area contributed by atoms with Crippen LogP contribution in [0, 0.1) is 17.2 Å². The molecule has 188 valence electrons. The molecule has 9 heteroatoms. The van der Waals surface area contributed by atoms with E-state index >= 15 is 0 Å². The first-order valence-electron chi connectivity index (χ1n) is 12.5. The molecule has 0 spiro atoms. The third kappa shape index (κ3) is 4.83. The molecule has 3 aromatic heterocycles. The third-order valence-corrected chi connectivity index (χ3v) is 6.43. The van der Waals surface area contributed by atoms with Gasteiger partial charge in [0.2, 0.25) is 5.88 Å². The van der Waals surface area contributed by atoms with Crippen molar-refractivity contribution in [1.82, 2.24) is 19.7 Å². The zero-order valence-corrected chi connectivity index (χ0v) is 20.9. The summed E-state index contributed by atoms with van der Waals surface area (Å²) in [6, 6.07) is 17.6.